The SMILES string of the molecule is Cc1cc(C)c(CNC(=O)c2cc(-c3cnn(CCN4CCOCC4)c3)cc(N(C)[C@H]3CC[C@H](NC(=O)O)CC3)c2C)c(=O)[nH]1. The number of carbonyl (C=O) groups excluding carboxylic acids is 1. The monoisotopic (exact) mass is 619 g/mol. The van der Waals surface area contributed by atoms with Crippen molar-refractivity contribution in [2.24, 2.45) is 0 Å². The molecule has 1 aliphatic carbocycles. The summed E-state index contributed by atoms with van der Waals surface area (Å²) in [4.78, 5) is 44.9. The van der Waals surface area contributed by atoms with Crippen LogP contribution in [0.2, 0.25) is 0 Å². The smallest absolute Gasteiger partial charge is 0.404 e. The lowest BCUT2D eigenvalue weighted by Gasteiger charge is -2.37. The number of benzene rings is 1. The van der Waals surface area contributed by atoms with E-state index in [0.717, 1.165) is 98.7 Å². The van der Waals surface area contributed by atoms with Gasteiger partial charge in [0.25, 0.3) is 11.5 Å². The van der Waals surface area contributed by atoms with Crippen molar-refractivity contribution in [2.45, 2.75) is 71.6 Å². The van der Waals surface area contributed by atoms with E-state index in [1.807, 2.05) is 57.0 Å². The van der Waals surface area contributed by atoms with E-state index in [1.54, 1.807) is 0 Å². The van der Waals surface area contributed by atoms with Crippen molar-refractivity contribution >= 4 is 17.7 Å². The number of anilines is 1. The average Bonchev–Trinajstić information content (AvgIpc) is 3.49. The Hall–Kier alpha value is -4.16. The number of aromatic amines is 1. The van der Waals surface area contributed by atoms with Crippen LogP contribution in [0.5, 0.6) is 0 Å². The number of nitrogens with one attached hydrogen (secondary N) is 3. The molecule has 1 saturated carbocycles. The van der Waals surface area contributed by atoms with E-state index >= 15 is 0 Å². The van der Waals surface area contributed by atoms with Crippen LogP contribution in [0.4, 0.5) is 10.5 Å². The number of carbonyl (C=O) groups is 2. The zero-order valence-electron chi connectivity index (χ0n) is 26.7. The molecule has 12 heteroatoms. The maximum absolute atomic E-state index is 13.7. The highest BCUT2D eigenvalue weighted by molar-refractivity contribution is 5.98. The predicted octanol–water partition coefficient (Wildman–Crippen LogP) is 3.44. The van der Waals surface area contributed by atoms with Gasteiger partial charge in [-0.2, -0.15) is 5.10 Å². The summed E-state index contributed by atoms with van der Waals surface area (Å²) in [5.74, 6) is -0.252. The van der Waals surface area contributed by atoms with E-state index in [4.69, 9.17) is 9.84 Å². The average molecular weight is 620 g/mol. The first kappa shape index (κ1) is 32.2. The molecular weight excluding hydrogens is 574 g/mol. The number of aromatic nitrogens is 3. The van der Waals surface area contributed by atoms with Gasteiger partial charge >= 0.3 is 6.09 Å². The highest BCUT2D eigenvalue weighted by atomic mass is 16.5. The number of rotatable bonds is 10. The summed E-state index contributed by atoms with van der Waals surface area (Å²) in [7, 11) is 2.05. The minimum atomic E-state index is -0.987. The summed E-state index contributed by atoms with van der Waals surface area (Å²) in [5, 5.41) is 19.4. The number of amides is 2. The molecule has 5 rings (SSSR count). The Kier molecular flexibility index (Phi) is 10.2. The van der Waals surface area contributed by atoms with E-state index in [2.05, 4.69) is 36.6 Å². The molecule has 2 amide bonds. The number of ether oxygens (including phenoxy) is 1. The summed E-state index contributed by atoms with van der Waals surface area (Å²) in [6.07, 6.45) is 6.06. The van der Waals surface area contributed by atoms with Gasteiger partial charge in [0.05, 0.1) is 26.0 Å². The topological polar surface area (TPSA) is 145 Å². The fraction of sp³-hybridized carbons (Fsp3) is 0.515. The Balaban J connectivity index is 1.40. The van der Waals surface area contributed by atoms with Crippen molar-refractivity contribution in [3.05, 3.63) is 68.9 Å². The second-order valence-electron chi connectivity index (χ2n) is 12.3. The maximum atomic E-state index is 13.7. The minimum absolute atomic E-state index is 0.0439. The lowest BCUT2D eigenvalue weighted by atomic mass is 9.89. The predicted molar refractivity (Wildman–Crippen MR) is 173 cm³/mol. The Bertz CT molecular complexity index is 1570. The molecule has 2 aromatic heterocycles. The van der Waals surface area contributed by atoms with Crippen LogP contribution in [0, 0.1) is 20.8 Å². The molecular formula is C33H45N7O5. The molecule has 2 fully saturated rings. The summed E-state index contributed by atoms with van der Waals surface area (Å²) >= 11 is 0. The van der Waals surface area contributed by atoms with E-state index < -0.39 is 6.09 Å². The zero-order valence-corrected chi connectivity index (χ0v) is 26.7. The number of morpholine rings is 1. The number of H-pyrrole nitrogens is 1. The molecule has 0 atom stereocenters. The highest BCUT2D eigenvalue weighted by Gasteiger charge is 2.27. The van der Waals surface area contributed by atoms with E-state index in [9.17, 15) is 14.4 Å². The van der Waals surface area contributed by atoms with Gasteiger partial charge in [0.1, 0.15) is 0 Å². The van der Waals surface area contributed by atoms with Crippen molar-refractivity contribution < 1.29 is 19.4 Å². The Morgan fingerprint density at radius 2 is 1.80 bits per heavy atom. The highest BCUT2D eigenvalue weighted by Crippen LogP contribution is 2.34. The Labute approximate surface area is 263 Å². The van der Waals surface area contributed by atoms with Gasteiger partial charge in [-0.1, -0.05) is 0 Å². The van der Waals surface area contributed by atoms with Crippen molar-refractivity contribution in [1.82, 2.24) is 30.3 Å². The van der Waals surface area contributed by atoms with Crippen LogP contribution in [0.3, 0.4) is 0 Å². The number of hydrogen-bond donors (Lipinski definition) is 4. The molecule has 0 bridgehead atoms. The van der Waals surface area contributed by atoms with Gasteiger partial charge in [-0.3, -0.25) is 19.2 Å². The number of carboxylic acid groups (broad SMARTS) is 1. The fourth-order valence-electron chi connectivity index (χ4n) is 6.52. The maximum Gasteiger partial charge on any atom is 0.404 e. The van der Waals surface area contributed by atoms with Crippen molar-refractivity contribution in [3.63, 3.8) is 0 Å². The molecule has 1 saturated heterocycles. The molecule has 0 radical (unpaired) electrons. The van der Waals surface area contributed by atoms with Gasteiger partial charge in [-0.25, -0.2) is 4.79 Å². The summed E-state index contributed by atoms with van der Waals surface area (Å²) in [5.41, 5.74) is 6.08. The molecule has 1 aromatic carbocycles. The first-order valence-corrected chi connectivity index (χ1v) is 15.8. The molecule has 12 nitrogen and oxygen atoms in total. The number of nitrogens with zero attached hydrogens (tertiary/aromatic N) is 4. The molecule has 45 heavy (non-hydrogen) atoms. The lowest BCUT2D eigenvalue weighted by molar-refractivity contribution is 0.0360. The van der Waals surface area contributed by atoms with Crippen molar-refractivity contribution in [1.29, 1.82) is 0 Å². The van der Waals surface area contributed by atoms with Crippen LogP contribution >= 0.6 is 0 Å². The molecule has 0 spiro atoms. The molecule has 1 aliphatic heterocycles. The van der Waals surface area contributed by atoms with Gasteiger partial charge in [-0.05, 0) is 81.3 Å². The summed E-state index contributed by atoms with van der Waals surface area (Å²) in [6, 6.07) is 6.08. The van der Waals surface area contributed by atoms with Gasteiger partial charge in [0, 0.05) is 79.6 Å². The van der Waals surface area contributed by atoms with Gasteiger partial charge in [-0.15, -0.1) is 0 Å². The van der Waals surface area contributed by atoms with Crippen LogP contribution in [0.1, 0.15) is 58.4 Å². The minimum Gasteiger partial charge on any atom is -0.465 e. The van der Waals surface area contributed by atoms with E-state index in [1.165, 1.54) is 0 Å². The largest absolute Gasteiger partial charge is 0.465 e. The van der Waals surface area contributed by atoms with Crippen LogP contribution in [0.25, 0.3) is 11.1 Å². The molecule has 0 unspecified atom stereocenters. The van der Waals surface area contributed by atoms with E-state index in [0.29, 0.717) is 11.1 Å². The second-order valence-corrected chi connectivity index (χ2v) is 12.3. The van der Waals surface area contributed by atoms with Gasteiger partial charge in [0.15, 0.2) is 0 Å². The number of hydrogen-bond acceptors (Lipinski definition) is 7. The van der Waals surface area contributed by atoms with Crippen molar-refractivity contribution in [3.8, 4) is 11.1 Å². The molecule has 2 aliphatic rings. The van der Waals surface area contributed by atoms with Crippen LogP contribution in [0.15, 0.2) is 35.4 Å². The molecule has 242 valence electrons. The third-order valence-electron chi connectivity index (χ3n) is 9.21. The van der Waals surface area contributed by atoms with Crippen molar-refractivity contribution in [2.75, 3.05) is 44.8 Å². The van der Waals surface area contributed by atoms with Gasteiger partial charge < -0.3 is 30.4 Å². The van der Waals surface area contributed by atoms with Crippen LogP contribution in [-0.4, -0.2) is 88.8 Å². The van der Waals surface area contributed by atoms with Crippen LogP contribution in [-0.2, 0) is 17.8 Å². The van der Waals surface area contributed by atoms with Gasteiger partial charge in [0.2, 0.25) is 0 Å². The standard InChI is InChI=1S/C33H45N7O5/c1-21-15-22(2)36-32(42)29(21)19-34-31(41)28-16-24(25-18-35-40(20-25)10-9-39-11-13-45-14-12-39)17-30(23(28)3)38(4)27-7-5-26(6-8-27)37-33(43)44/h15-18,20,26-27,37H,5-14,19H2,1-4H3,(H,34,41)(H,36,42)(H,43,44)/t26-,27-. The van der Waals surface area contributed by atoms with Crippen LogP contribution < -0.4 is 21.1 Å². The number of aryl methyl sites for hydroxylation is 2. The lowest BCUT2D eigenvalue weighted by Crippen LogP contribution is -2.42. The quantitative estimate of drug-likeness (QED) is 0.270. The molecule has 3 heterocycles. The zero-order chi connectivity index (χ0) is 32.1. The Morgan fingerprint density at radius 1 is 1.07 bits per heavy atom. The Morgan fingerprint density at radius 3 is 2.49 bits per heavy atom. The fourth-order valence-corrected chi connectivity index (χ4v) is 6.52. The number of pyridine rings is 1. The third-order valence-corrected chi connectivity index (χ3v) is 9.21. The summed E-state index contributed by atoms with van der Waals surface area (Å²) in [6.45, 7) is 10.8. The normalized spacial score (nSPS) is 18.8. The first-order valence-electron chi connectivity index (χ1n) is 15.8. The second kappa shape index (κ2) is 14.3. The van der Waals surface area contributed by atoms with E-state index in [-0.39, 0.29) is 30.1 Å². The third kappa shape index (κ3) is 7.93. The first-order chi connectivity index (χ1) is 21.6. The molecule has 3 aromatic rings. The molecule has 4 N–H and O–H groups in total. The summed E-state index contributed by atoms with van der Waals surface area (Å²) < 4.78 is 7.40.